The summed E-state index contributed by atoms with van der Waals surface area (Å²) in [6.45, 7) is 23.2. The van der Waals surface area contributed by atoms with Crippen LogP contribution in [0.25, 0.3) is 44.1 Å². The van der Waals surface area contributed by atoms with Crippen LogP contribution in [0, 0.1) is 41.5 Å². The van der Waals surface area contributed by atoms with Crippen LogP contribution in [0.5, 0.6) is 0 Å². The maximum absolute atomic E-state index is 2.57. The second kappa shape index (κ2) is 13.9. The highest BCUT2D eigenvalue weighted by Gasteiger charge is 2.43. The van der Waals surface area contributed by atoms with Gasteiger partial charge in [-0.15, -0.1) is 0 Å². The molecule has 0 saturated heterocycles. The normalized spacial score (nSPS) is 14.2. The first-order chi connectivity index (χ1) is 30.5. The molecule has 64 heavy (non-hydrogen) atoms. The van der Waals surface area contributed by atoms with Crippen molar-refractivity contribution in [2.24, 2.45) is 14.1 Å². The van der Waals surface area contributed by atoms with E-state index in [4.69, 9.17) is 0 Å². The molecule has 9 aromatic rings. The van der Waals surface area contributed by atoms with Crippen molar-refractivity contribution >= 4 is 55.9 Å². The van der Waals surface area contributed by atoms with Crippen LogP contribution in [-0.2, 0) is 24.9 Å². The van der Waals surface area contributed by atoms with E-state index in [0.29, 0.717) is 0 Å². The third-order valence-electron chi connectivity index (χ3n) is 14.7. The number of rotatable bonds is 6. The number of benzene rings is 7. The zero-order chi connectivity index (χ0) is 44.7. The van der Waals surface area contributed by atoms with Gasteiger partial charge in [0.2, 0.25) is 0 Å². The first-order valence-electron chi connectivity index (χ1n) is 22.9. The van der Waals surface area contributed by atoms with Gasteiger partial charge in [0.15, 0.2) is 0 Å². The number of hydrogen-bond acceptors (Lipinski definition) is 2. The Morgan fingerprint density at radius 2 is 0.734 bits per heavy atom. The molecule has 0 N–H and O–H groups in total. The Labute approximate surface area is 379 Å². The minimum atomic E-state index is -0.220. The topological polar surface area (TPSA) is 16.3 Å². The van der Waals surface area contributed by atoms with E-state index in [1.165, 1.54) is 134 Å². The molecule has 7 aromatic carbocycles. The highest BCUT2D eigenvalue weighted by atomic mass is 15.2. The quantitative estimate of drug-likeness (QED) is 0.166. The molecular formula is C60H58N4. The SMILES string of the molecule is Cc1cc(C)cc(N(c2cc(C)c3c(c2)C(C)(C)c2cc4c(cc2-3)C(C)(C)c2cc(N(c3cc(C)cc(C)c3)c3cn(C)c5ccccc35)cc(C)c2-4)c2cn(C)c3ccccc23)c1. The minimum absolute atomic E-state index is 0.220. The first kappa shape index (κ1) is 40.0. The van der Waals surface area contributed by atoms with E-state index in [1.54, 1.807) is 0 Å². The molecule has 0 spiro atoms. The first-order valence-corrected chi connectivity index (χ1v) is 22.9. The maximum atomic E-state index is 2.57. The van der Waals surface area contributed by atoms with Crippen molar-refractivity contribution in [3.63, 3.8) is 0 Å². The summed E-state index contributed by atoms with van der Waals surface area (Å²) in [6.07, 6.45) is 4.59. The van der Waals surface area contributed by atoms with Crippen LogP contribution in [0.4, 0.5) is 34.1 Å². The molecule has 0 fully saturated rings. The lowest BCUT2D eigenvalue weighted by Gasteiger charge is -2.29. The second-order valence-electron chi connectivity index (χ2n) is 20.2. The molecule has 0 unspecified atom stereocenters. The summed E-state index contributed by atoms with van der Waals surface area (Å²) in [7, 11) is 4.32. The molecule has 11 rings (SSSR count). The summed E-state index contributed by atoms with van der Waals surface area (Å²) < 4.78 is 4.52. The predicted octanol–water partition coefficient (Wildman–Crippen LogP) is 16.1. The summed E-state index contributed by atoms with van der Waals surface area (Å²) in [4.78, 5) is 4.99. The summed E-state index contributed by atoms with van der Waals surface area (Å²) >= 11 is 0. The molecule has 0 radical (unpaired) electrons. The maximum Gasteiger partial charge on any atom is 0.0717 e. The largest absolute Gasteiger partial charge is 0.348 e. The Bertz CT molecular complexity index is 3170. The van der Waals surface area contributed by atoms with E-state index < -0.39 is 0 Å². The third-order valence-corrected chi connectivity index (χ3v) is 14.7. The molecule has 4 heteroatoms. The molecule has 0 saturated carbocycles. The van der Waals surface area contributed by atoms with Crippen molar-refractivity contribution in [1.29, 1.82) is 0 Å². The van der Waals surface area contributed by atoms with Gasteiger partial charge in [-0.05, 0) is 192 Å². The summed E-state index contributed by atoms with van der Waals surface area (Å²) in [6, 6.07) is 46.4. The lowest BCUT2D eigenvalue weighted by molar-refractivity contribution is 0.652. The van der Waals surface area contributed by atoms with Crippen LogP contribution < -0.4 is 9.80 Å². The molecule has 2 aliphatic rings. The van der Waals surface area contributed by atoms with Gasteiger partial charge in [-0.1, -0.05) is 76.2 Å². The number of hydrogen-bond donors (Lipinski definition) is 0. The summed E-state index contributed by atoms with van der Waals surface area (Å²) in [5.74, 6) is 0. The van der Waals surface area contributed by atoms with Crippen molar-refractivity contribution in [2.75, 3.05) is 9.80 Å². The van der Waals surface area contributed by atoms with Gasteiger partial charge < -0.3 is 18.9 Å². The fourth-order valence-corrected chi connectivity index (χ4v) is 11.8. The lowest BCUT2D eigenvalue weighted by atomic mass is 9.79. The van der Waals surface area contributed by atoms with Crippen molar-refractivity contribution < 1.29 is 0 Å². The van der Waals surface area contributed by atoms with Crippen LogP contribution in [-0.4, -0.2) is 9.13 Å². The van der Waals surface area contributed by atoms with Crippen LogP contribution in [0.15, 0.2) is 134 Å². The number of para-hydroxylation sites is 2. The van der Waals surface area contributed by atoms with Gasteiger partial charge in [0.05, 0.1) is 11.4 Å². The fraction of sp³-hybridized carbons (Fsp3) is 0.233. The van der Waals surface area contributed by atoms with Crippen LogP contribution >= 0.6 is 0 Å². The van der Waals surface area contributed by atoms with E-state index in [-0.39, 0.29) is 10.8 Å². The smallest absolute Gasteiger partial charge is 0.0717 e. The molecule has 2 aliphatic carbocycles. The number of anilines is 6. The van der Waals surface area contributed by atoms with E-state index >= 15 is 0 Å². The third kappa shape index (κ3) is 5.81. The van der Waals surface area contributed by atoms with Crippen LogP contribution in [0.2, 0.25) is 0 Å². The Kier molecular flexibility index (Phi) is 8.67. The number of aryl methyl sites for hydroxylation is 8. The zero-order valence-corrected chi connectivity index (χ0v) is 39.5. The summed E-state index contributed by atoms with van der Waals surface area (Å²) in [5.41, 5.74) is 27.9. The molecule has 318 valence electrons. The molecule has 0 amide bonds. The van der Waals surface area contributed by atoms with Crippen molar-refractivity contribution in [1.82, 2.24) is 9.13 Å². The highest BCUT2D eigenvalue weighted by Crippen LogP contribution is 2.59. The summed E-state index contributed by atoms with van der Waals surface area (Å²) in [5, 5.41) is 2.49. The highest BCUT2D eigenvalue weighted by molar-refractivity contribution is 6.02. The molecule has 2 aromatic heterocycles. The average molecular weight is 835 g/mol. The molecular weight excluding hydrogens is 777 g/mol. The zero-order valence-electron chi connectivity index (χ0n) is 39.5. The van der Waals surface area contributed by atoms with Gasteiger partial charge in [-0.3, -0.25) is 0 Å². The van der Waals surface area contributed by atoms with Crippen molar-refractivity contribution in [3.05, 3.63) is 189 Å². The molecule has 2 heterocycles. The van der Waals surface area contributed by atoms with Crippen molar-refractivity contribution in [3.8, 4) is 22.3 Å². The van der Waals surface area contributed by atoms with Gasteiger partial charge in [0.25, 0.3) is 0 Å². The van der Waals surface area contributed by atoms with Gasteiger partial charge >= 0.3 is 0 Å². The number of nitrogens with zero attached hydrogens (tertiary/aromatic N) is 4. The van der Waals surface area contributed by atoms with Gasteiger partial charge in [0.1, 0.15) is 0 Å². The monoisotopic (exact) mass is 834 g/mol. The Morgan fingerprint density at radius 3 is 1.11 bits per heavy atom. The minimum Gasteiger partial charge on any atom is -0.348 e. The standard InChI is InChI=1S/C60H58N4/c1-35-21-36(2)24-41(23-35)63(55-33-61(11)53-19-15-13-17-45(53)55)43-27-39(5)57-47-31-50-48(32-49(47)59(7,8)51(57)29-43)58-40(6)28-44(30-52(58)60(50,9)10)64(42-25-37(3)22-38(4)26-42)56-34-62(12)54-20-16-14-18-46(54)56/h13-34H,1-12H3. The second-order valence-corrected chi connectivity index (χ2v) is 20.2. The van der Waals surface area contributed by atoms with E-state index in [1.807, 2.05) is 0 Å². The number of fused-ring (bicyclic) bond motifs is 8. The van der Waals surface area contributed by atoms with E-state index in [2.05, 4.69) is 236 Å². The Morgan fingerprint density at radius 1 is 0.391 bits per heavy atom. The van der Waals surface area contributed by atoms with Crippen LogP contribution in [0.1, 0.15) is 83.3 Å². The van der Waals surface area contributed by atoms with Crippen molar-refractivity contribution in [2.45, 2.75) is 80.1 Å². The van der Waals surface area contributed by atoms with Crippen LogP contribution in [0.3, 0.4) is 0 Å². The molecule has 0 aliphatic heterocycles. The van der Waals surface area contributed by atoms with Gasteiger partial charge in [-0.25, -0.2) is 0 Å². The lowest BCUT2D eigenvalue weighted by Crippen LogP contribution is -2.18. The predicted molar refractivity (Wildman–Crippen MR) is 272 cm³/mol. The number of aromatic nitrogens is 2. The average Bonchev–Trinajstić information content (AvgIpc) is 3.88. The Balaban J connectivity index is 1.07. The van der Waals surface area contributed by atoms with Gasteiger partial charge in [0, 0.05) is 81.9 Å². The molecule has 0 bridgehead atoms. The fourth-order valence-electron chi connectivity index (χ4n) is 11.8. The molecule has 0 atom stereocenters. The molecule has 4 nitrogen and oxygen atoms in total. The van der Waals surface area contributed by atoms with E-state index in [0.717, 1.165) is 0 Å². The van der Waals surface area contributed by atoms with Gasteiger partial charge in [-0.2, -0.15) is 0 Å². The Hall–Kier alpha value is -6.78. The van der Waals surface area contributed by atoms with E-state index in [9.17, 15) is 0 Å².